The van der Waals surface area contributed by atoms with Gasteiger partial charge in [0.2, 0.25) is 0 Å². The van der Waals surface area contributed by atoms with Crippen molar-refractivity contribution in [2.75, 3.05) is 105 Å². The second kappa shape index (κ2) is 131. The largest absolute Gasteiger partial charge is 0.870 e. The lowest BCUT2D eigenvalue weighted by Crippen LogP contribution is -2.50. The fraction of sp³-hybridized carbons (Fsp3) is 1.00. The first kappa shape index (κ1) is 151. The molecule has 4 N–H and O–H groups in total. The highest BCUT2D eigenvalue weighted by Crippen LogP contribution is 2.28. The molecule has 832 valence electrons. The average molecular weight is 1940 g/mol. The van der Waals surface area contributed by atoms with Crippen molar-refractivity contribution in [1.82, 2.24) is 0 Å². The zero-order valence-electron chi connectivity index (χ0n) is 98.8. The third kappa shape index (κ3) is 114. The number of rotatable bonds is 112. The summed E-state index contributed by atoms with van der Waals surface area (Å²) in [4.78, 5) is 0. The van der Waals surface area contributed by atoms with Crippen LogP contribution in [0.15, 0.2) is 0 Å². The van der Waals surface area contributed by atoms with E-state index in [1.54, 1.807) is 0 Å². The van der Waals surface area contributed by atoms with Crippen molar-refractivity contribution in [3.8, 4) is 0 Å². The molecule has 0 radical (unpaired) electrons. The second-order valence-corrected chi connectivity index (χ2v) is 45.2. The lowest BCUT2D eigenvalue weighted by molar-refractivity contribution is -0.929. The summed E-state index contributed by atoms with van der Waals surface area (Å²) in [7, 11) is 0. The van der Waals surface area contributed by atoms with E-state index in [-0.39, 0.29) is 21.9 Å². The molecule has 0 unspecified atom stereocenters. The standard InChI is InChI=1S/4C32H68N.4H2O/c4*1-5-9-13-17-21-25-29-33(30-26-22-18-14-10-6-2,31-27-23-19-15-11-7-3)32-28-24-20-16-12-8-4;;;;/h4*5-32H2,1-4H3;4*1H2/q4*+1;;;;/p-4. The number of hydrogen-bond acceptors (Lipinski definition) is 4. The molecule has 0 aromatic carbocycles. The van der Waals surface area contributed by atoms with Crippen LogP contribution in [0, 0.1) is 0 Å². The molecule has 136 heavy (non-hydrogen) atoms. The van der Waals surface area contributed by atoms with Crippen molar-refractivity contribution >= 4 is 0 Å². The Morgan fingerprint density at radius 3 is 0.162 bits per heavy atom. The predicted octanol–water partition coefficient (Wildman–Crippen LogP) is 44.3. The van der Waals surface area contributed by atoms with Crippen LogP contribution in [0.5, 0.6) is 0 Å². The van der Waals surface area contributed by atoms with Gasteiger partial charge in [0.1, 0.15) is 0 Å². The molecule has 0 bridgehead atoms. The van der Waals surface area contributed by atoms with E-state index >= 15 is 0 Å². The molecule has 0 aliphatic rings. The van der Waals surface area contributed by atoms with Gasteiger partial charge in [0.15, 0.2) is 0 Å². The van der Waals surface area contributed by atoms with E-state index in [1.165, 1.54) is 739 Å². The number of quaternary nitrogens is 4. The Labute approximate surface area is 866 Å². The highest BCUT2D eigenvalue weighted by molar-refractivity contribution is 4.63. The lowest BCUT2D eigenvalue weighted by Gasteiger charge is -2.40. The maximum atomic E-state index is 2.34. The van der Waals surface area contributed by atoms with Crippen molar-refractivity contribution < 1.29 is 39.8 Å². The Balaban J connectivity index is -0.000000265. The number of hydrogen-bond donors (Lipinski definition) is 0. The molecule has 0 fully saturated rings. The number of nitrogens with zero attached hydrogens (tertiary/aromatic N) is 4. The van der Waals surface area contributed by atoms with Crippen molar-refractivity contribution in [1.29, 1.82) is 0 Å². The molecule has 0 saturated carbocycles. The molecule has 0 saturated heterocycles. The molecular formula is C128H276N4O4. The summed E-state index contributed by atoms with van der Waals surface area (Å²) in [6, 6.07) is 0. The van der Waals surface area contributed by atoms with Crippen LogP contribution in [-0.4, -0.2) is 145 Å². The summed E-state index contributed by atoms with van der Waals surface area (Å²) in [5.41, 5.74) is 0. The third-order valence-corrected chi connectivity index (χ3v) is 31.8. The molecule has 0 heterocycles. The molecule has 0 aliphatic heterocycles. The zero-order valence-corrected chi connectivity index (χ0v) is 98.8. The quantitative estimate of drug-likeness (QED) is 0.0445. The van der Waals surface area contributed by atoms with Gasteiger partial charge in [-0.2, -0.15) is 0 Å². The van der Waals surface area contributed by atoms with Gasteiger partial charge in [-0.15, -0.1) is 0 Å². The van der Waals surface area contributed by atoms with E-state index in [0.29, 0.717) is 0 Å². The number of unbranched alkanes of at least 4 members (excludes halogenated alkanes) is 80. The molecule has 0 amide bonds. The van der Waals surface area contributed by atoms with Crippen LogP contribution in [0.1, 0.15) is 727 Å². The van der Waals surface area contributed by atoms with Crippen LogP contribution in [0.3, 0.4) is 0 Å². The summed E-state index contributed by atoms with van der Waals surface area (Å²) < 4.78 is 5.90. The fourth-order valence-corrected chi connectivity index (χ4v) is 22.3. The van der Waals surface area contributed by atoms with E-state index in [2.05, 4.69) is 111 Å². The first-order chi connectivity index (χ1) is 65.0. The summed E-state index contributed by atoms with van der Waals surface area (Å²) in [5, 5.41) is 0. The van der Waals surface area contributed by atoms with Crippen LogP contribution in [0.4, 0.5) is 0 Å². The molecular weight excluding hydrogens is 1660 g/mol. The third-order valence-electron chi connectivity index (χ3n) is 31.8. The maximum absolute atomic E-state index is 2.34. The smallest absolute Gasteiger partial charge is 0.0786 e. The van der Waals surface area contributed by atoms with Crippen LogP contribution < -0.4 is 0 Å². The summed E-state index contributed by atoms with van der Waals surface area (Å²) >= 11 is 0. The van der Waals surface area contributed by atoms with Crippen LogP contribution in [-0.2, 0) is 0 Å². The van der Waals surface area contributed by atoms with E-state index in [4.69, 9.17) is 0 Å². The molecule has 0 aliphatic carbocycles. The molecule has 0 aromatic rings. The molecule has 0 rings (SSSR count). The monoisotopic (exact) mass is 1930 g/mol. The highest BCUT2D eigenvalue weighted by Gasteiger charge is 2.30. The molecule has 8 heteroatoms. The van der Waals surface area contributed by atoms with Gasteiger partial charge in [0.05, 0.1) is 105 Å². The first-order valence-corrected chi connectivity index (χ1v) is 64.4. The molecule has 8 nitrogen and oxygen atoms in total. The first-order valence-electron chi connectivity index (χ1n) is 64.4. The van der Waals surface area contributed by atoms with Crippen LogP contribution in [0.25, 0.3) is 0 Å². The van der Waals surface area contributed by atoms with Gasteiger partial charge in [0.25, 0.3) is 0 Å². The van der Waals surface area contributed by atoms with Crippen LogP contribution >= 0.6 is 0 Å². The fourth-order valence-electron chi connectivity index (χ4n) is 22.3. The topological polar surface area (TPSA) is 120 Å². The molecule has 0 spiro atoms. The Morgan fingerprint density at radius 1 is 0.0662 bits per heavy atom. The summed E-state index contributed by atoms with van der Waals surface area (Å²) in [5.74, 6) is 0. The predicted molar refractivity (Wildman–Crippen MR) is 621 cm³/mol. The SMILES string of the molecule is CCCCCCCC[N+](CCCCCCCC)(CCCCCCCC)CCCCCCCC.CCCCCCCC[N+](CCCCCCCC)(CCCCCCCC)CCCCCCCC.CCCCCCCC[N+](CCCCCCCC)(CCCCCCCC)CCCCCCCC.CCCCCCCC[N+](CCCCCCCC)(CCCCCCCC)CCCCCCCC.[OH-].[OH-].[OH-].[OH-]. The van der Waals surface area contributed by atoms with E-state index in [9.17, 15) is 0 Å². The van der Waals surface area contributed by atoms with Gasteiger partial charge in [0, 0.05) is 0 Å². The Bertz CT molecular complexity index is 1420. The van der Waals surface area contributed by atoms with E-state index in [1.807, 2.05) is 0 Å². The van der Waals surface area contributed by atoms with Crippen molar-refractivity contribution in [3.05, 3.63) is 0 Å². The maximum Gasteiger partial charge on any atom is 0.0786 e. The summed E-state index contributed by atoms with van der Waals surface area (Å²) in [6.07, 6.45) is 139. The van der Waals surface area contributed by atoms with Crippen molar-refractivity contribution in [3.63, 3.8) is 0 Å². The van der Waals surface area contributed by atoms with Gasteiger partial charge >= 0.3 is 0 Å². The minimum absolute atomic E-state index is 0. The van der Waals surface area contributed by atoms with Gasteiger partial charge < -0.3 is 39.8 Å². The van der Waals surface area contributed by atoms with Gasteiger partial charge in [-0.05, 0) is 205 Å². The normalized spacial score (nSPS) is 11.6. The minimum atomic E-state index is 0. The Hall–Kier alpha value is -0.320. The van der Waals surface area contributed by atoms with Crippen molar-refractivity contribution in [2.45, 2.75) is 727 Å². The Morgan fingerprint density at radius 2 is 0.110 bits per heavy atom. The molecule has 0 aromatic heterocycles. The van der Waals surface area contributed by atoms with Crippen molar-refractivity contribution in [2.24, 2.45) is 0 Å². The zero-order chi connectivity index (χ0) is 97.2. The van der Waals surface area contributed by atoms with Gasteiger partial charge in [-0.1, -0.05) is 522 Å². The van der Waals surface area contributed by atoms with E-state index in [0.717, 1.165) is 0 Å². The Kier molecular flexibility index (Phi) is 145. The molecule has 0 atom stereocenters. The second-order valence-electron chi connectivity index (χ2n) is 45.2. The van der Waals surface area contributed by atoms with Gasteiger partial charge in [-0.25, -0.2) is 0 Å². The lowest BCUT2D eigenvalue weighted by atomic mass is 10.0. The average Bonchev–Trinajstić information content (AvgIpc) is 0.887. The van der Waals surface area contributed by atoms with Gasteiger partial charge in [-0.3, -0.25) is 0 Å². The minimum Gasteiger partial charge on any atom is -0.870 e. The van der Waals surface area contributed by atoms with E-state index < -0.39 is 0 Å². The summed E-state index contributed by atoms with van der Waals surface area (Å²) in [6.45, 7) is 61.0. The van der Waals surface area contributed by atoms with Crippen LogP contribution in [0.2, 0.25) is 0 Å². The highest BCUT2D eigenvalue weighted by atomic mass is 16.0.